The molecule has 3 amide bonds. The summed E-state index contributed by atoms with van der Waals surface area (Å²) in [5.41, 5.74) is 2.15. The van der Waals surface area contributed by atoms with Crippen molar-refractivity contribution in [2.75, 3.05) is 46.9 Å². The fourth-order valence-electron chi connectivity index (χ4n) is 4.68. The zero-order chi connectivity index (χ0) is 23.5. The van der Waals surface area contributed by atoms with E-state index in [9.17, 15) is 14.4 Å². The van der Waals surface area contributed by atoms with Crippen molar-refractivity contribution in [1.29, 1.82) is 0 Å². The zero-order valence-corrected chi connectivity index (χ0v) is 19.2. The molecule has 0 saturated carbocycles. The van der Waals surface area contributed by atoms with Gasteiger partial charge in [-0.3, -0.25) is 9.59 Å². The molecule has 1 saturated heterocycles. The lowest BCUT2D eigenvalue weighted by atomic mass is 9.79. The van der Waals surface area contributed by atoms with Crippen LogP contribution in [-0.4, -0.2) is 79.6 Å². The van der Waals surface area contributed by atoms with E-state index in [-0.39, 0.29) is 17.9 Å². The maximum atomic E-state index is 13.9. The molecule has 8 heteroatoms. The van der Waals surface area contributed by atoms with Crippen LogP contribution in [0.5, 0.6) is 5.75 Å². The Morgan fingerprint density at radius 3 is 2.24 bits per heavy atom. The van der Waals surface area contributed by atoms with Crippen LogP contribution in [0.25, 0.3) is 0 Å². The van der Waals surface area contributed by atoms with Gasteiger partial charge in [0.2, 0.25) is 5.91 Å². The highest BCUT2D eigenvalue weighted by molar-refractivity contribution is 6.01. The van der Waals surface area contributed by atoms with E-state index in [0.717, 1.165) is 11.1 Å². The van der Waals surface area contributed by atoms with Crippen LogP contribution in [0.3, 0.4) is 0 Å². The molecule has 4 rings (SSSR count). The maximum absolute atomic E-state index is 13.9. The highest BCUT2D eigenvalue weighted by Crippen LogP contribution is 2.43. The van der Waals surface area contributed by atoms with Gasteiger partial charge in [-0.25, -0.2) is 4.79 Å². The van der Waals surface area contributed by atoms with Gasteiger partial charge in [0.1, 0.15) is 5.75 Å². The van der Waals surface area contributed by atoms with Crippen LogP contribution in [-0.2, 0) is 9.53 Å². The van der Waals surface area contributed by atoms with E-state index in [2.05, 4.69) is 0 Å². The summed E-state index contributed by atoms with van der Waals surface area (Å²) in [5.74, 6) is 0.00191. The summed E-state index contributed by atoms with van der Waals surface area (Å²) < 4.78 is 10.4. The lowest BCUT2D eigenvalue weighted by molar-refractivity contribution is -0.136. The molecule has 0 aromatic heterocycles. The van der Waals surface area contributed by atoms with Crippen molar-refractivity contribution < 1.29 is 23.9 Å². The lowest BCUT2D eigenvalue weighted by Gasteiger charge is -2.43. The standard InChI is InChI=1S/C25H29N3O5/c1-4-33-25(31)28-15-13-27(14-16-28)24(30)21-19-7-5-6-8-20(19)23(29)26(2)22(21)17-9-11-18(32-3)12-10-17/h5-12,21-22H,4,13-16H2,1-3H3/t21-,22+/m0/s1. The molecule has 0 N–H and O–H groups in total. The van der Waals surface area contributed by atoms with Gasteiger partial charge in [-0.2, -0.15) is 0 Å². The van der Waals surface area contributed by atoms with Crippen LogP contribution in [0.15, 0.2) is 48.5 Å². The molecule has 0 bridgehead atoms. The number of methoxy groups -OCH3 is 1. The topological polar surface area (TPSA) is 79.4 Å². The van der Waals surface area contributed by atoms with Gasteiger partial charge in [0, 0.05) is 38.8 Å². The number of amides is 3. The summed E-state index contributed by atoms with van der Waals surface area (Å²) in [5, 5.41) is 0. The molecule has 2 aromatic carbocycles. The number of rotatable bonds is 4. The third-order valence-corrected chi connectivity index (χ3v) is 6.42. The largest absolute Gasteiger partial charge is 0.497 e. The van der Waals surface area contributed by atoms with Gasteiger partial charge >= 0.3 is 6.09 Å². The molecule has 2 aliphatic heterocycles. The van der Waals surface area contributed by atoms with Crippen molar-refractivity contribution in [2.24, 2.45) is 0 Å². The molecular formula is C25H29N3O5. The molecule has 174 valence electrons. The minimum absolute atomic E-state index is 0.0499. The van der Waals surface area contributed by atoms with Crippen LogP contribution in [0.1, 0.15) is 40.4 Å². The van der Waals surface area contributed by atoms with Crippen LogP contribution in [0.4, 0.5) is 4.79 Å². The third kappa shape index (κ3) is 4.25. The highest BCUT2D eigenvalue weighted by Gasteiger charge is 2.44. The number of nitrogens with zero attached hydrogens (tertiary/aromatic N) is 3. The number of piperazine rings is 1. The fourth-order valence-corrected chi connectivity index (χ4v) is 4.68. The Morgan fingerprint density at radius 2 is 1.61 bits per heavy atom. The smallest absolute Gasteiger partial charge is 0.409 e. The van der Waals surface area contributed by atoms with Gasteiger partial charge in [0.25, 0.3) is 5.91 Å². The molecule has 2 aromatic rings. The summed E-state index contributed by atoms with van der Waals surface area (Å²) in [6.45, 7) is 3.77. The first kappa shape index (κ1) is 22.6. The average Bonchev–Trinajstić information content (AvgIpc) is 2.86. The second-order valence-electron chi connectivity index (χ2n) is 8.21. The number of carbonyl (C=O) groups is 3. The predicted octanol–water partition coefficient (Wildman–Crippen LogP) is 2.91. The molecule has 2 atom stereocenters. The molecule has 0 unspecified atom stereocenters. The first-order chi connectivity index (χ1) is 16.0. The number of fused-ring (bicyclic) bond motifs is 1. The van der Waals surface area contributed by atoms with Crippen molar-refractivity contribution in [3.8, 4) is 5.75 Å². The molecular weight excluding hydrogens is 422 g/mol. The van der Waals surface area contributed by atoms with Gasteiger partial charge in [0.15, 0.2) is 0 Å². The van der Waals surface area contributed by atoms with Gasteiger partial charge in [-0.15, -0.1) is 0 Å². The van der Waals surface area contributed by atoms with E-state index >= 15 is 0 Å². The van der Waals surface area contributed by atoms with E-state index in [4.69, 9.17) is 9.47 Å². The number of hydrogen-bond donors (Lipinski definition) is 0. The monoisotopic (exact) mass is 451 g/mol. The predicted molar refractivity (Wildman–Crippen MR) is 122 cm³/mol. The normalized spacial score (nSPS) is 20.3. The van der Waals surface area contributed by atoms with Crippen molar-refractivity contribution >= 4 is 17.9 Å². The molecule has 2 heterocycles. The van der Waals surface area contributed by atoms with Crippen LogP contribution in [0, 0.1) is 0 Å². The van der Waals surface area contributed by atoms with E-state index in [1.165, 1.54) is 0 Å². The summed E-state index contributed by atoms with van der Waals surface area (Å²) in [6, 6.07) is 14.4. The Balaban J connectivity index is 1.66. The van der Waals surface area contributed by atoms with E-state index in [0.29, 0.717) is 44.1 Å². The minimum Gasteiger partial charge on any atom is -0.497 e. The Morgan fingerprint density at radius 1 is 0.970 bits per heavy atom. The molecule has 0 radical (unpaired) electrons. The van der Waals surface area contributed by atoms with Gasteiger partial charge in [-0.1, -0.05) is 30.3 Å². The zero-order valence-electron chi connectivity index (χ0n) is 19.2. The van der Waals surface area contributed by atoms with Crippen LogP contribution < -0.4 is 4.74 Å². The van der Waals surface area contributed by atoms with Crippen LogP contribution >= 0.6 is 0 Å². The first-order valence-corrected chi connectivity index (χ1v) is 11.2. The number of hydrogen-bond acceptors (Lipinski definition) is 5. The summed E-state index contributed by atoms with van der Waals surface area (Å²) >= 11 is 0. The Bertz CT molecular complexity index is 1030. The molecule has 0 aliphatic carbocycles. The highest BCUT2D eigenvalue weighted by atomic mass is 16.6. The molecule has 1 fully saturated rings. The minimum atomic E-state index is -0.550. The lowest BCUT2D eigenvalue weighted by Crippen LogP contribution is -2.54. The Hall–Kier alpha value is -3.55. The van der Waals surface area contributed by atoms with Crippen LogP contribution in [0.2, 0.25) is 0 Å². The summed E-state index contributed by atoms with van der Waals surface area (Å²) in [4.78, 5) is 44.2. The third-order valence-electron chi connectivity index (χ3n) is 6.42. The molecule has 0 spiro atoms. The van der Waals surface area contributed by atoms with Crippen molar-refractivity contribution in [3.05, 3.63) is 65.2 Å². The molecule has 8 nitrogen and oxygen atoms in total. The second kappa shape index (κ2) is 9.52. The number of carbonyl (C=O) groups excluding carboxylic acids is 3. The van der Waals surface area contributed by atoms with E-state index < -0.39 is 12.0 Å². The van der Waals surface area contributed by atoms with Gasteiger partial charge < -0.3 is 24.2 Å². The molecule has 33 heavy (non-hydrogen) atoms. The second-order valence-corrected chi connectivity index (χ2v) is 8.21. The van der Waals surface area contributed by atoms with E-state index in [1.54, 1.807) is 41.8 Å². The van der Waals surface area contributed by atoms with Crippen molar-refractivity contribution in [3.63, 3.8) is 0 Å². The number of benzene rings is 2. The quantitative estimate of drug-likeness (QED) is 0.714. The molecule has 2 aliphatic rings. The average molecular weight is 452 g/mol. The van der Waals surface area contributed by atoms with Crippen molar-refractivity contribution in [1.82, 2.24) is 14.7 Å². The Labute approximate surface area is 193 Å². The first-order valence-electron chi connectivity index (χ1n) is 11.2. The number of ether oxygens (including phenoxy) is 2. The van der Waals surface area contributed by atoms with Crippen molar-refractivity contribution in [2.45, 2.75) is 18.9 Å². The fraction of sp³-hybridized carbons (Fsp3) is 0.400. The number of likely N-dealkylation sites (N-methyl/N-ethyl adjacent to an activating group) is 1. The van der Waals surface area contributed by atoms with Gasteiger partial charge in [0.05, 0.1) is 25.7 Å². The van der Waals surface area contributed by atoms with Gasteiger partial charge in [-0.05, 0) is 36.2 Å². The maximum Gasteiger partial charge on any atom is 0.409 e. The van der Waals surface area contributed by atoms with E-state index in [1.807, 2.05) is 42.5 Å². The summed E-state index contributed by atoms with van der Waals surface area (Å²) in [7, 11) is 3.34. The summed E-state index contributed by atoms with van der Waals surface area (Å²) in [6.07, 6.45) is -0.353. The Kier molecular flexibility index (Phi) is 6.53. The SMILES string of the molecule is CCOC(=O)N1CCN(C(=O)[C@H]2c3ccccc3C(=O)N(C)[C@@H]2c2ccc(OC)cc2)CC1.